The van der Waals surface area contributed by atoms with Crippen LogP contribution in [0.1, 0.15) is 19.4 Å². The summed E-state index contributed by atoms with van der Waals surface area (Å²) >= 11 is 1.35. The molecule has 5 nitrogen and oxygen atoms in total. The van der Waals surface area contributed by atoms with E-state index in [9.17, 15) is 4.79 Å². The minimum absolute atomic E-state index is 0.149. The lowest BCUT2D eigenvalue weighted by molar-refractivity contribution is 0.271. The summed E-state index contributed by atoms with van der Waals surface area (Å²) in [6.45, 7) is 4.90. The fourth-order valence-corrected chi connectivity index (χ4v) is 4.34. The van der Waals surface area contributed by atoms with Crippen LogP contribution in [0.3, 0.4) is 0 Å². The maximum absolute atomic E-state index is 12.9. The number of benzene rings is 3. The highest BCUT2D eigenvalue weighted by Gasteiger charge is 2.12. The molecule has 3 aromatic carbocycles. The second kappa shape index (κ2) is 7.96. The van der Waals surface area contributed by atoms with Crippen LogP contribution >= 0.6 is 11.3 Å². The van der Waals surface area contributed by atoms with E-state index < -0.39 is 0 Å². The van der Waals surface area contributed by atoms with Gasteiger partial charge in [0, 0.05) is 5.56 Å². The van der Waals surface area contributed by atoms with Gasteiger partial charge in [-0.25, -0.2) is 0 Å². The average Bonchev–Trinajstić information content (AvgIpc) is 3.32. The zero-order chi connectivity index (χ0) is 21.4. The first-order chi connectivity index (χ1) is 15.1. The molecule has 0 unspecified atom stereocenters. The molecule has 0 amide bonds. The van der Waals surface area contributed by atoms with E-state index in [0.717, 1.165) is 27.6 Å². The highest BCUT2D eigenvalue weighted by molar-refractivity contribution is 7.15. The Kier molecular flexibility index (Phi) is 5.00. The number of hydrogen-bond acceptors (Lipinski definition) is 5. The van der Waals surface area contributed by atoms with Crippen molar-refractivity contribution in [2.24, 2.45) is 5.92 Å². The molecule has 0 N–H and O–H groups in total. The molecule has 0 aliphatic rings. The minimum Gasteiger partial charge on any atom is -0.493 e. The SMILES string of the molecule is CC(C)COc1ccc(-c2nc3s/c(=C\c4cccc5ccccc45)c(=O)n3n2)cc1. The van der Waals surface area contributed by atoms with Crippen LogP contribution in [-0.2, 0) is 0 Å². The predicted octanol–water partition coefficient (Wildman–Crippen LogP) is 4.55. The molecule has 0 saturated carbocycles. The second-order valence-corrected chi connectivity index (χ2v) is 8.85. The van der Waals surface area contributed by atoms with Crippen molar-refractivity contribution < 1.29 is 4.74 Å². The summed E-state index contributed by atoms with van der Waals surface area (Å²) < 4.78 is 7.74. The normalized spacial score (nSPS) is 12.3. The van der Waals surface area contributed by atoms with Crippen molar-refractivity contribution in [2.75, 3.05) is 6.61 Å². The van der Waals surface area contributed by atoms with Gasteiger partial charge in [0.05, 0.1) is 11.1 Å². The largest absolute Gasteiger partial charge is 0.493 e. The fraction of sp³-hybridized carbons (Fsp3) is 0.160. The molecule has 5 aromatic rings. The third-order valence-electron chi connectivity index (χ3n) is 4.99. The summed E-state index contributed by atoms with van der Waals surface area (Å²) in [6, 6.07) is 21.9. The lowest BCUT2D eigenvalue weighted by atomic mass is 10.0. The highest BCUT2D eigenvalue weighted by Crippen LogP contribution is 2.22. The molecule has 2 heterocycles. The summed E-state index contributed by atoms with van der Waals surface area (Å²) in [6.07, 6.45) is 1.92. The van der Waals surface area contributed by atoms with Crippen molar-refractivity contribution in [3.8, 4) is 17.1 Å². The van der Waals surface area contributed by atoms with Crippen LogP contribution in [0.25, 0.3) is 33.2 Å². The Morgan fingerprint density at radius 3 is 2.58 bits per heavy atom. The number of fused-ring (bicyclic) bond motifs is 2. The Labute approximate surface area is 183 Å². The van der Waals surface area contributed by atoms with Gasteiger partial charge in [-0.3, -0.25) is 4.79 Å². The summed E-state index contributed by atoms with van der Waals surface area (Å²) in [4.78, 5) is 18.1. The van der Waals surface area contributed by atoms with Gasteiger partial charge in [-0.1, -0.05) is 67.6 Å². The van der Waals surface area contributed by atoms with Gasteiger partial charge in [-0.15, -0.1) is 5.10 Å². The molecule has 31 heavy (non-hydrogen) atoms. The molecule has 0 fully saturated rings. The van der Waals surface area contributed by atoms with Crippen LogP contribution in [-0.4, -0.2) is 21.2 Å². The highest BCUT2D eigenvalue weighted by atomic mass is 32.1. The molecule has 2 aromatic heterocycles. The average molecular weight is 428 g/mol. The first kappa shape index (κ1) is 19.5. The van der Waals surface area contributed by atoms with E-state index in [1.54, 1.807) is 0 Å². The quantitative estimate of drug-likeness (QED) is 0.413. The van der Waals surface area contributed by atoms with Gasteiger partial charge in [0.25, 0.3) is 5.56 Å². The molecule has 0 bridgehead atoms. The Hall–Kier alpha value is -3.51. The van der Waals surface area contributed by atoms with Gasteiger partial charge in [0.1, 0.15) is 5.75 Å². The van der Waals surface area contributed by atoms with Gasteiger partial charge < -0.3 is 4.74 Å². The zero-order valence-electron chi connectivity index (χ0n) is 17.3. The number of nitrogens with zero attached hydrogens (tertiary/aromatic N) is 3. The molecule has 0 aliphatic heterocycles. The molecule has 0 spiro atoms. The summed E-state index contributed by atoms with van der Waals surface area (Å²) in [5.74, 6) is 1.82. The minimum atomic E-state index is -0.149. The van der Waals surface area contributed by atoms with Gasteiger partial charge in [0.2, 0.25) is 4.96 Å². The molecule has 5 rings (SSSR count). The molecular weight excluding hydrogens is 406 g/mol. The van der Waals surface area contributed by atoms with Crippen LogP contribution in [0.4, 0.5) is 0 Å². The van der Waals surface area contributed by atoms with Crippen molar-refractivity contribution >= 4 is 33.1 Å². The topological polar surface area (TPSA) is 56.5 Å². The third-order valence-corrected chi connectivity index (χ3v) is 5.95. The summed E-state index contributed by atoms with van der Waals surface area (Å²) in [5, 5.41) is 6.71. The number of hydrogen-bond donors (Lipinski definition) is 0. The number of rotatable bonds is 5. The van der Waals surface area contributed by atoms with Crippen LogP contribution in [0.15, 0.2) is 71.5 Å². The van der Waals surface area contributed by atoms with E-state index in [1.807, 2.05) is 54.6 Å². The monoisotopic (exact) mass is 427 g/mol. The van der Waals surface area contributed by atoms with E-state index in [4.69, 9.17) is 4.74 Å². The Balaban J connectivity index is 1.49. The van der Waals surface area contributed by atoms with Crippen molar-refractivity contribution in [3.63, 3.8) is 0 Å². The summed E-state index contributed by atoms with van der Waals surface area (Å²) in [7, 11) is 0. The molecule has 0 saturated heterocycles. The third kappa shape index (κ3) is 3.82. The number of thiazole rings is 1. The molecule has 6 heteroatoms. The first-order valence-electron chi connectivity index (χ1n) is 10.2. The van der Waals surface area contributed by atoms with Gasteiger partial charge >= 0.3 is 0 Å². The fourth-order valence-electron chi connectivity index (χ4n) is 3.44. The van der Waals surface area contributed by atoms with Gasteiger partial charge in [0.15, 0.2) is 5.82 Å². The van der Waals surface area contributed by atoms with Crippen molar-refractivity contribution in [3.05, 3.63) is 87.2 Å². The maximum Gasteiger partial charge on any atom is 0.291 e. The Morgan fingerprint density at radius 1 is 1.03 bits per heavy atom. The van der Waals surface area contributed by atoms with Crippen LogP contribution in [0.5, 0.6) is 5.75 Å². The maximum atomic E-state index is 12.9. The first-order valence-corrected chi connectivity index (χ1v) is 11.0. The van der Waals surface area contributed by atoms with Crippen molar-refractivity contribution in [1.29, 1.82) is 0 Å². The van der Waals surface area contributed by atoms with E-state index in [2.05, 4.69) is 42.1 Å². The van der Waals surface area contributed by atoms with E-state index in [-0.39, 0.29) is 5.56 Å². The zero-order valence-corrected chi connectivity index (χ0v) is 18.1. The van der Waals surface area contributed by atoms with Crippen molar-refractivity contribution in [2.45, 2.75) is 13.8 Å². The lowest BCUT2D eigenvalue weighted by Gasteiger charge is -2.08. The second-order valence-electron chi connectivity index (χ2n) is 7.84. The number of ether oxygens (including phenoxy) is 1. The smallest absolute Gasteiger partial charge is 0.291 e. The van der Waals surface area contributed by atoms with Crippen LogP contribution < -0.4 is 14.8 Å². The molecular formula is C25H21N3O2S. The van der Waals surface area contributed by atoms with Crippen molar-refractivity contribution in [1.82, 2.24) is 14.6 Å². The van der Waals surface area contributed by atoms with Crippen LogP contribution in [0.2, 0.25) is 0 Å². The van der Waals surface area contributed by atoms with E-state index in [0.29, 0.717) is 27.8 Å². The van der Waals surface area contributed by atoms with Gasteiger partial charge in [-0.05, 0) is 52.6 Å². The standard InChI is InChI=1S/C25H21N3O2S/c1-16(2)15-30-20-12-10-18(11-13-20)23-26-25-28(27-23)24(29)22(31-25)14-19-8-5-7-17-6-3-4-9-21(17)19/h3-14,16H,15H2,1-2H3/b22-14-. The van der Waals surface area contributed by atoms with E-state index >= 15 is 0 Å². The lowest BCUT2D eigenvalue weighted by Crippen LogP contribution is -2.23. The summed E-state index contributed by atoms with van der Waals surface area (Å²) in [5.41, 5.74) is 1.72. The Bertz CT molecular complexity index is 1480. The molecule has 0 aliphatic carbocycles. The van der Waals surface area contributed by atoms with E-state index in [1.165, 1.54) is 15.9 Å². The molecule has 0 atom stereocenters. The molecule has 154 valence electrons. The van der Waals surface area contributed by atoms with Crippen LogP contribution in [0, 0.1) is 5.92 Å². The predicted molar refractivity (Wildman–Crippen MR) is 126 cm³/mol. The Morgan fingerprint density at radius 2 is 1.81 bits per heavy atom. The number of aromatic nitrogens is 3. The van der Waals surface area contributed by atoms with Gasteiger partial charge in [-0.2, -0.15) is 9.50 Å². The molecule has 0 radical (unpaired) electrons.